The average molecular weight is 244 g/mol. The number of hydrogen-bond acceptors (Lipinski definition) is 5. The number of aromatic nitrogens is 1. The van der Waals surface area contributed by atoms with Crippen molar-refractivity contribution in [2.75, 3.05) is 31.2 Å². The Kier molecular flexibility index (Phi) is 4.80. The van der Waals surface area contributed by atoms with Crippen LogP contribution in [0.25, 0.3) is 0 Å². The molecule has 1 rings (SSSR count). The van der Waals surface area contributed by atoms with Gasteiger partial charge in [-0.3, -0.25) is 0 Å². The largest absolute Gasteiger partial charge is 0.478 e. The number of pyridine rings is 1. The van der Waals surface area contributed by atoms with Gasteiger partial charge in [-0.2, -0.15) is 0 Å². The van der Waals surface area contributed by atoms with E-state index in [4.69, 9.17) is 15.3 Å². The topological polar surface area (TPSA) is 93.9 Å². The van der Waals surface area contributed by atoms with Crippen molar-refractivity contribution in [3.8, 4) is 0 Å². The van der Waals surface area contributed by atoms with E-state index in [9.17, 15) is 9.18 Å². The minimum Gasteiger partial charge on any atom is -0.478 e. The highest BCUT2D eigenvalue weighted by molar-refractivity contribution is 5.93. The number of nitrogens with zero attached hydrogens (tertiary/aromatic N) is 2. The molecule has 17 heavy (non-hydrogen) atoms. The van der Waals surface area contributed by atoms with Crippen molar-refractivity contribution in [3.05, 3.63) is 23.6 Å². The number of carboxylic acids is 1. The molecule has 7 heteroatoms. The van der Waals surface area contributed by atoms with Gasteiger partial charge in [-0.15, -0.1) is 0 Å². The molecule has 0 saturated carbocycles. The second-order valence-electron chi connectivity index (χ2n) is 3.26. The van der Waals surface area contributed by atoms with Crippen LogP contribution in [0.3, 0.4) is 0 Å². The zero-order valence-electron chi connectivity index (χ0n) is 9.01. The van der Waals surface area contributed by atoms with Crippen LogP contribution in [0.1, 0.15) is 10.4 Å². The van der Waals surface area contributed by atoms with Crippen LogP contribution in [0.15, 0.2) is 12.3 Å². The first-order valence-corrected chi connectivity index (χ1v) is 4.95. The summed E-state index contributed by atoms with van der Waals surface area (Å²) in [5, 5.41) is 26.6. The highest BCUT2D eigenvalue weighted by Crippen LogP contribution is 2.18. The summed E-state index contributed by atoms with van der Waals surface area (Å²) in [6.45, 7) is -0.227. The van der Waals surface area contributed by atoms with Crippen LogP contribution in [0, 0.1) is 5.82 Å². The highest BCUT2D eigenvalue weighted by Gasteiger charge is 2.18. The first-order valence-electron chi connectivity index (χ1n) is 4.95. The number of aliphatic hydroxyl groups is 2. The predicted octanol–water partition coefficient (Wildman–Crippen LogP) is -0.290. The molecule has 0 aromatic carbocycles. The molecule has 0 aliphatic carbocycles. The molecular formula is C10H13FN2O4. The summed E-state index contributed by atoms with van der Waals surface area (Å²) in [5.74, 6) is -2.03. The van der Waals surface area contributed by atoms with E-state index in [-0.39, 0.29) is 37.7 Å². The SMILES string of the molecule is O=C(O)c1cc(F)cnc1N(CCO)CCO. The van der Waals surface area contributed by atoms with Gasteiger partial charge >= 0.3 is 5.97 Å². The van der Waals surface area contributed by atoms with Crippen molar-refractivity contribution < 1.29 is 24.5 Å². The van der Waals surface area contributed by atoms with E-state index in [1.54, 1.807) is 0 Å². The third kappa shape index (κ3) is 3.36. The number of aromatic carboxylic acids is 1. The minimum absolute atomic E-state index is 0.0296. The second kappa shape index (κ2) is 6.12. The number of anilines is 1. The third-order valence-electron chi connectivity index (χ3n) is 2.10. The molecule has 0 spiro atoms. The van der Waals surface area contributed by atoms with Crippen LogP contribution >= 0.6 is 0 Å². The monoisotopic (exact) mass is 244 g/mol. The molecule has 0 aliphatic heterocycles. The summed E-state index contributed by atoms with van der Waals surface area (Å²) in [4.78, 5) is 16.0. The lowest BCUT2D eigenvalue weighted by Gasteiger charge is -2.23. The molecule has 1 aromatic heterocycles. The second-order valence-corrected chi connectivity index (χ2v) is 3.26. The third-order valence-corrected chi connectivity index (χ3v) is 2.10. The van der Waals surface area contributed by atoms with Gasteiger partial charge in [0.05, 0.1) is 19.4 Å². The summed E-state index contributed by atoms with van der Waals surface area (Å²) in [7, 11) is 0. The van der Waals surface area contributed by atoms with Crippen LogP contribution in [0.5, 0.6) is 0 Å². The summed E-state index contributed by atoms with van der Waals surface area (Å²) < 4.78 is 12.9. The van der Waals surface area contributed by atoms with Gasteiger partial charge in [-0.1, -0.05) is 0 Å². The fraction of sp³-hybridized carbons (Fsp3) is 0.400. The van der Waals surface area contributed by atoms with Crippen molar-refractivity contribution in [2.45, 2.75) is 0 Å². The summed E-state index contributed by atoms with van der Waals surface area (Å²) in [5.41, 5.74) is -0.299. The van der Waals surface area contributed by atoms with Gasteiger partial charge < -0.3 is 20.2 Å². The lowest BCUT2D eigenvalue weighted by atomic mass is 10.2. The van der Waals surface area contributed by atoms with Crippen LogP contribution in [-0.4, -0.2) is 52.6 Å². The van der Waals surface area contributed by atoms with Gasteiger partial charge in [0.1, 0.15) is 17.2 Å². The minimum atomic E-state index is -1.31. The van der Waals surface area contributed by atoms with Crippen LogP contribution < -0.4 is 4.90 Å². The number of hydrogen-bond donors (Lipinski definition) is 3. The average Bonchev–Trinajstić information content (AvgIpc) is 2.28. The summed E-state index contributed by atoms with van der Waals surface area (Å²) in [6, 6.07) is 0.854. The Hall–Kier alpha value is -1.73. The van der Waals surface area contributed by atoms with Crippen molar-refractivity contribution in [1.82, 2.24) is 4.98 Å². The van der Waals surface area contributed by atoms with Crippen molar-refractivity contribution in [2.24, 2.45) is 0 Å². The first kappa shape index (κ1) is 13.3. The lowest BCUT2D eigenvalue weighted by molar-refractivity contribution is 0.0696. The van der Waals surface area contributed by atoms with Crippen molar-refractivity contribution >= 4 is 11.8 Å². The van der Waals surface area contributed by atoms with E-state index >= 15 is 0 Å². The van der Waals surface area contributed by atoms with E-state index < -0.39 is 11.8 Å². The van der Waals surface area contributed by atoms with E-state index in [1.807, 2.05) is 0 Å². The van der Waals surface area contributed by atoms with Gasteiger partial charge in [0.2, 0.25) is 0 Å². The Morgan fingerprint density at radius 1 is 1.35 bits per heavy atom. The van der Waals surface area contributed by atoms with E-state index in [0.29, 0.717) is 0 Å². The van der Waals surface area contributed by atoms with Crippen LogP contribution in [0.4, 0.5) is 10.2 Å². The molecule has 0 fully saturated rings. The molecule has 1 aromatic rings. The normalized spacial score (nSPS) is 10.3. The smallest absolute Gasteiger partial charge is 0.339 e. The molecule has 0 bridgehead atoms. The van der Waals surface area contributed by atoms with Crippen molar-refractivity contribution in [1.29, 1.82) is 0 Å². The van der Waals surface area contributed by atoms with E-state index in [0.717, 1.165) is 12.3 Å². The molecule has 1 heterocycles. The van der Waals surface area contributed by atoms with Gasteiger partial charge in [-0.05, 0) is 6.07 Å². The number of aliphatic hydroxyl groups excluding tert-OH is 2. The maximum absolute atomic E-state index is 12.9. The molecule has 3 N–H and O–H groups in total. The van der Waals surface area contributed by atoms with Gasteiger partial charge in [0.25, 0.3) is 0 Å². The van der Waals surface area contributed by atoms with Gasteiger partial charge in [-0.25, -0.2) is 14.2 Å². The van der Waals surface area contributed by atoms with Crippen molar-refractivity contribution in [3.63, 3.8) is 0 Å². The molecular weight excluding hydrogens is 231 g/mol. The molecule has 0 aliphatic rings. The number of rotatable bonds is 6. The van der Waals surface area contributed by atoms with E-state index in [2.05, 4.69) is 4.98 Å². The van der Waals surface area contributed by atoms with Gasteiger partial charge in [0, 0.05) is 13.1 Å². The number of carbonyl (C=O) groups is 1. The Labute approximate surface area is 96.9 Å². The molecule has 0 amide bonds. The summed E-state index contributed by atoms with van der Waals surface area (Å²) >= 11 is 0. The number of halogens is 1. The van der Waals surface area contributed by atoms with Crippen LogP contribution in [0.2, 0.25) is 0 Å². The lowest BCUT2D eigenvalue weighted by Crippen LogP contribution is -2.32. The van der Waals surface area contributed by atoms with Crippen LogP contribution in [-0.2, 0) is 0 Å². The zero-order valence-corrected chi connectivity index (χ0v) is 9.01. The number of carboxylic acid groups (broad SMARTS) is 1. The Morgan fingerprint density at radius 3 is 2.41 bits per heavy atom. The maximum Gasteiger partial charge on any atom is 0.339 e. The fourth-order valence-corrected chi connectivity index (χ4v) is 1.41. The molecule has 0 unspecified atom stereocenters. The highest BCUT2D eigenvalue weighted by atomic mass is 19.1. The summed E-state index contributed by atoms with van der Waals surface area (Å²) in [6.07, 6.45) is 0.892. The Bertz CT molecular complexity index is 394. The fourth-order valence-electron chi connectivity index (χ4n) is 1.41. The zero-order chi connectivity index (χ0) is 12.8. The van der Waals surface area contributed by atoms with E-state index in [1.165, 1.54) is 4.90 Å². The molecule has 0 saturated heterocycles. The van der Waals surface area contributed by atoms with Gasteiger partial charge in [0.15, 0.2) is 0 Å². The quantitative estimate of drug-likeness (QED) is 0.636. The predicted molar refractivity (Wildman–Crippen MR) is 57.5 cm³/mol. The standard InChI is InChI=1S/C10H13FN2O4/c11-7-5-8(10(16)17)9(12-6-7)13(1-3-14)2-4-15/h5-6,14-15H,1-4H2,(H,16,17). The molecule has 0 atom stereocenters. The maximum atomic E-state index is 12.9. The molecule has 94 valence electrons. The molecule has 6 nitrogen and oxygen atoms in total. The Morgan fingerprint density at radius 2 is 1.94 bits per heavy atom. The molecule has 0 radical (unpaired) electrons. The Balaban J connectivity index is 3.12. The first-order chi connectivity index (χ1) is 8.10.